The van der Waals surface area contributed by atoms with Crippen molar-refractivity contribution in [3.05, 3.63) is 12.7 Å². The molecule has 0 bridgehead atoms. The predicted molar refractivity (Wildman–Crippen MR) is 76.0 cm³/mol. The zero-order valence-electron chi connectivity index (χ0n) is 12.8. The first-order valence-electron chi connectivity index (χ1n) is 7.13. The van der Waals surface area contributed by atoms with E-state index in [9.17, 15) is 14.7 Å². The van der Waals surface area contributed by atoms with Crippen LogP contribution in [0.2, 0.25) is 0 Å². The van der Waals surface area contributed by atoms with Gasteiger partial charge in [0.2, 0.25) is 0 Å². The third-order valence-corrected chi connectivity index (χ3v) is 3.93. The summed E-state index contributed by atoms with van der Waals surface area (Å²) in [6.07, 6.45) is 2.29. The number of carbonyl (C=O) groups excluding carboxylic acids is 1. The average Bonchev–Trinajstić information content (AvgIpc) is 2.92. The highest BCUT2D eigenvalue weighted by molar-refractivity contribution is 5.82. The second-order valence-corrected chi connectivity index (χ2v) is 6.83. The van der Waals surface area contributed by atoms with Gasteiger partial charge in [-0.2, -0.15) is 0 Å². The summed E-state index contributed by atoms with van der Waals surface area (Å²) in [4.78, 5) is 25.1. The quantitative estimate of drug-likeness (QED) is 0.621. The van der Waals surface area contributed by atoms with E-state index in [2.05, 4.69) is 6.58 Å². The smallest absolute Gasteiger partial charge is 0.411 e. The molecular weight excluding hydrogens is 274 g/mol. The van der Waals surface area contributed by atoms with E-state index in [1.165, 1.54) is 4.90 Å². The largest absolute Gasteiger partial charge is 0.480 e. The molecule has 0 aromatic rings. The fraction of sp³-hybridized carbons (Fsp3) is 0.733. The van der Waals surface area contributed by atoms with Crippen molar-refractivity contribution in [2.75, 3.05) is 13.2 Å². The molecule has 3 atom stereocenters. The topological polar surface area (TPSA) is 76.1 Å². The maximum Gasteiger partial charge on any atom is 0.411 e. The molecule has 2 aliphatic rings. The van der Waals surface area contributed by atoms with Gasteiger partial charge in [-0.3, -0.25) is 4.90 Å². The molecule has 1 amide bonds. The summed E-state index contributed by atoms with van der Waals surface area (Å²) in [6.45, 7) is 9.77. The van der Waals surface area contributed by atoms with E-state index in [4.69, 9.17) is 9.47 Å². The number of ether oxygens (including phenoxy) is 2. The zero-order valence-corrected chi connectivity index (χ0v) is 12.8. The molecule has 118 valence electrons. The van der Waals surface area contributed by atoms with Crippen LogP contribution in [0.4, 0.5) is 4.79 Å². The minimum absolute atomic E-state index is 0.0988. The number of rotatable bonds is 5. The monoisotopic (exact) mass is 297 g/mol. The van der Waals surface area contributed by atoms with Crippen LogP contribution in [0.3, 0.4) is 0 Å². The number of nitrogens with zero attached hydrogens (tertiary/aromatic N) is 1. The van der Waals surface area contributed by atoms with Gasteiger partial charge in [-0.15, -0.1) is 6.58 Å². The number of hydrogen-bond acceptors (Lipinski definition) is 4. The first kappa shape index (κ1) is 15.8. The Bertz CT molecular complexity index is 455. The summed E-state index contributed by atoms with van der Waals surface area (Å²) in [7, 11) is 0. The van der Waals surface area contributed by atoms with Gasteiger partial charge in [-0.05, 0) is 33.6 Å². The summed E-state index contributed by atoms with van der Waals surface area (Å²) in [5, 5.41) is 9.35. The van der Waals surface area contributed by atoms with E-state index in [0.717, 1.165) is 6.42 Å². The highest BCUT2D eigenvalue weighted by Crippen LogP contribution is 2.59. The third-order valence-electron chi connectivity index (χ3n) is 3.93. The molecule has 1 saturated heterocycles. The molecule has 6 nitrogen and oxygen atoms in total. The normalized spacial score (nSPS) is 30.7. The van der Waals surface area contributed by atoms with Crippen LogP contribution in [0.15, 0.2) is 12.7 Å². The summed E-state index contributed by atoms with van der Waals surface area (Å²) in [5.74, 6) is -0.990. The van der Waals surface area contributed by atoms with E-state index in [0.29, 0.717) is 19.6 Å². The van der Waals surface area contributed by atoms with Crippen molar-refractivity contribution in [1.29, 1.82) is 0 Å². The van der Waals surface area contributed by atoms with E-state index < -0.39 is 23.7 Å². The Balaban J connectivity index is 2.08. The Morgan fingerprint density at radius 2 is 2.10 bits per heavy atom. The molecule has 1 N–H and O–H groups in total. The number of hydrogen-bond donors (Lipinski definition) is 1. The Morgan fingerprint density at radius 3 is 2.62 bits per heavy atom. The molecule has 1 saturated carbocycles. The van der Waals surface area contributed by atoms with Crippen molar-refractivity contribution in [3.8, 4) is 0 Å². The van der Waals surface area contributed by atoms with Gasteiger partial charge in [0.05, 0.1) is 13.2 Å². The number of piperidine rings is 1. The van der Waals surface area contributed by atoms with Crippen molar-refractivity contribution >= 4 is 12.1 Å². The van der Waals surface area contributed by atoms with Crippen molar-refractivity contribution in [3.63, 3.8) is 0 Å². The number of aliphatic carboxylic acids is 1. The first-order valence-corrected chi connectivity index (χ1v) is 7.13. The lowest BCUT2D eigenvalue weighted by molar-refractivity contribution is -0.142. The van der Waals surface area contributed by atoms with Gasteiger partial charge < -0.3 is 14.6 Å². The van der Waals surface area contributed by atoms with Crippen LogP contribution < -0.4 is 0 Å². The summed E-state index contributed by atoms with van der Waals surface area (Å²) in [6, 6.07) is -0.927. The second-order valence-electron chi connectivity index (χ2n) is 6.83. The standard InChI is InChI=1S/C15H23NO5/c1-5-6-20-9-15-7-10(12(17)18)16(11(15)8-15)13(19)21-14(2,3)4/h5,10-11H,1,6-9H2,2-4H3,(H,17,18)/t10-,11-,15+/m0/s1. The van der Waals surface area contributed by atoms with Crippen LogP contribution in [-0.4, -0.2) is 53.0 Å². The van der Waals surface area contributed by atoms with Crippen molar-refractivity contribution < 1.29 is 24.2 Å². The zero-order chi connectivity index (χ0) is 15.8. The third kappa shape index (κ3) is 3.20. The molecular formula is C15H23NO5. The Hall–Kier alpha value is -1.56. The lowest BCUT2D eigenvalue weighted by Gasteiger charge is -2.28. The van der Waals surface area contributed by atoms with E-state index in [1.54, 1.807) is 26.8 Å². The SMILES string of the molecule is C=CCOC[C@@]12C[C@@H]1N(C(=O)OC(C)(C)C)[C@H](C(=O)O)C2. The van der Waals surface area contributed by atoms with Crippen LogP contribution in [0.5, 0.6) is 0 Å². The molecule has 6 heteroatoms. The highest BCUT2D eigenvalue weighted by Gasteiger charge is 2.68. The van der Waals surface area contributed by atoms with Gasteiger partial charge in [0, 0.05) is 11.5 Å². The number of fused-ring (bicyclic) bond motifs is 1. The Morgan fingerprint density at radius 1 is 1.43 bits per heavy atom. The molecule has 0 aromatic heterocycles. The lowest BCUT2D eigenvalue weighted by atomic mass is 10.0. The Kier molecular flexibility index (Phi) is 4.02. The average molecular weight is 297 g/mol. The molecule has 0 spiro atoms. The van der Waals surface area contributed by atoms with Crippen molar-refractivity contribution in [2.45, 2.75) is 51.3 Å². The lowest BCUT2D eigenvalue weighted by Crippen LogP contribution is -2.45. The van der Waals surface area contributed by atoms with Gasteiger partial charge >= 0.3 is 12.1 Å². The Labute approximate surface area is 124 Å². The fourth-order valence-electron chi connectivity index (χ4n) is 2.97. The fourth-order valence-corrected chi connectivity index (χ4v) is 2.97. The van der Waals surface area contributed by atoms with Crippen molar-refractivity contribution in [1.82, 2.24) is 4.90 Å². The van der Waals surface area contributed by atoms with Crippen LogP contribution >= 0.6 is 0 Å². The molecule has 0 radical (unpaired) electrons. The molecule has 2 fully saturated rings. The van der Waals surface area contributed by atoms with Gasteiger partial charge in [-0.25, -0.2) is 9.59 Å². The van der Waals surface area contributed by atoms with Gasteiger partial charge in [0.25, 0.3) is 0 Å². The molecule has 0 unspecified atom stereocenters. The summed E-state index contributed by atoms with van der Waals surface area (Å²) in [5.41, 5.74) is -0.872. The van der Waals surface area contributed by atoms with E-state index >= 15 is 0 Å². The number of carbonyl (C=O) groups is 2. The second kappa shape index (κ2) is 5.33. The summed E-state index contributed by atoms with van der Waals surface area (Å²) < 4.78 is 10.8. The number of likely N-dealkylation sites (tertiary alicyclic amines) is 1. The van der Waals surface area contributed by atoms with E-state index in [-0.39, 0.29) is 11.5 Å². The van der Waals surface area contributed by atoms with Gasteiger partial charge in [0.1, 0.15) is 11.6 Å². The number of carboxylic acids is 1. The summed E-state index contributed by atoms with van der Waals surface area (Å²) >= 11 is 0. The van der Waals surface area contributed by atoms with Crippen molar-refractivity contribution in [2.24, 2.45) is 5.41 Å². The number of amides is 1. The minimum atomic E-state index is -0.990. The van der Waals surface area contributed by atoms with Crippen LogP contribution in [-0.2, 0) is 14.3 Å². The van der Waals surface area contributed by atoms with Gasteiger partial charge in [0.15, 0.2) is 0 Å². The predicted octanol–water partition coefficient (Wildman–Crippen LogP) is 2.04. The van der Waals surface area contributed by atoms with Crippen LogP contribution in [0.25, 0.3) is 0 Å². The molecule has 0 aromatic carbocycles. The first-order chi connectivity index (χ1) is 9.70. The van der Waals surface area contributed by atoms with E-state index in [1.807, 2.05) is 0 Å². The maximum absolute atomic E-state index is 12.3. The van der Waals surface area contributed by atoms with Crippen LogP contribution in [0.1, 0.15) is 33.6 Å². The maximum atomic E-state index is 12.3. The molecule has 1 heterocycles. The van der Waals surface area contributed by atoms with Crippen LogP contribution in [0, 0.1) is 5.41 Å². The molecule has 2 rings (SSSR count). The molecule has 21 heavy (non-hydrogen) atoms. The molecule has 1 aliphatic heterocycles. The highest BCUT2D eigenvalue weighted by atomic mass is 16.6. The minimum Gasteiger partial charge on any atom is -0.480 e. The molecule has 1 aliphatic carbocycles. The number of carboxylic acid groups (broad SMARTS) is 1. The van der Waals surface area contributed by atoms with Gasteiger partial charge in [-0.1, -0.05) is 6.08 Å².